The zero-order valence-corrected chi connectivity index (χ0v) is 8.68. The van der Waals surface area contributed by atoms with Crippen LogP contribution in [-0.4, -0.2) is 19.8 Å². The molecule has 0 radical (unpaired) electrons. The molecule has 0 aromatic heterocycles. The lowest BCUT2D eigenvalue weighted by molar-refractivity contribution is -0.115. The first-order valence-corrected chi connectivity index (χ1v) is 5.28. The summed E-state index contributed by atoms with van der Waals surface area (Å²) < 4.78 is 57.0. The van der Waals surface area contributed by atoms with Crippen molar-refractivity contribution in [2.45, 2.75) is 5.51 Å². The van der Waals surface area contributed by atoms with Crippen molar-refractivity contribution < 1.29 is 26.4 Å². The minimum atomic E-state index is -5.63. The van der Waals surface area contributed by atoms with Gasteiger partial charge in [-0.15, -0.1) is 0 Å². The minimum absolute atomic E-state index is 0.642. The lowest BCUT2D eigenvalue weighted by atomic mass is 10.4. The Bertz CT molecular complexity index is 420. The SMILES string of the molecule is C=C/C=C/C=C/C(=O)NS(=O)(=O)C(F)(F)F. The number of amides is 1. The van der Waals surface area contributed by atoms with Crippen LogP contribution in [0.15, 0.2) is 37.0 Å². The van der Waals surface area contributed by atoms with Gasteiger partial charge in [-0.05, 0) is 0 Å². The van der Waals surface area contributed by atoms with Crippen molar-refractivity contribution in [3.8, 4) is 0 Å². The Balaban J connectivity index is 4.54. The number of allylic oxidation sites excluding steroid dienone is 4. The third-order valence-electron chi connectivity index (χ3n) is 1.15. The molecule has 0 fully saturated rings. The van der Waals surface area contributed by atoms with Gasteiger partial charge < -0.3 is 0 Å². The standard InChI is InChI=1S/C8H8F3NO3S/c1-2-3-4-5-6-7(13)12-16(14,15)8(9,10)11/h2-6H,1H2,(H,12,13)/b4-3+,6-5+. The van der Waals surface area contributed by atoms with Crippen molar-refractivity contribution >= 4 is 15.9 Å². The molecular weight excluding hydrogens is 247 g/mol. The molecule has 0 aromatic carbocycles. The van der Waals surface area contributed by atoms with Crippen LogP contribution in [0.2, 0.25) is 0 Å². The number of sulfonamides is 1. The molecule has 0 aliphatic carbocycles. The van der Waals surface area contributed by atoms with E-state index in [0.717, 1.165) is 10.8 Å². The lowest BCUT2D eigenvalue weighted by Gasteiger charge is -2.06. The molecule has 0 aliphatic rings. The lowest BCUT2D eigenvalue weighted by Crippen LogP contribution is -2.39. The molecule has 4 nitrogen and oxygen atoms in total. The smallest absolute Gasteiger partial charge is 0.269 e. The molecule has 0 rings (SSSR count). The molecule has 0 aliphatic heterocycles. The number of carbonyl (C=O) groups is 1. The van der Waals surface area contributed by atoms with E-state index in [1.807, 2.05) is 0 Å². The van der Waals surface area contributed by atoms with Gasteiger partial charge in [-0.2, -0.15) is 21.6 Å². The molecular formula is C8H8F3NO3S. The number of alkyl halides is 3. The van der Waals surface area contributed by atoms with Crippen LogP contribution in [-0.2, 0) is 14.8 Å². The fourth-order valence-corrected chi connectivity index (χ4v) is 0.959. The Labute approximate surface area is 90.2 Å². The maximum Gasteiger partial charge on any atom is 0.516 e. The molecule has 0 spiro atoms. The van der Waals surface area contributed by atoms with Crippen LogP contribution in [0.5, 0.6) is 0 Å². The highest BCUT2D eigenvalue weighted by Crippen LogP contribution is 2.21. The van der Waals surface area contributed by atoms with Gasteiger partial charge in [0.15, 0.2) is 0 Å². The van der Waals surface area contributed by atoms with E-state index in [1.165, 1.54) is 18.2 Å². The first kappa shape index (κ1) is 14.4. The maximum atomic E-state index is 11.8. The number of nitrogens with one attached hydrogen (secondary N) is 1. The Kier molecular flexibility index (Phi) is 4.96. The van der Waals surface area contributed by atoms with E-state index >= 15 is 0 Å². The number of hydrogen-bond donors (Lipinski definition) is 1. The van der Waals surface area contributed by atoms with E-state index in [-0.39, 0.29) is 0 Å². The van der Waals surface area contributed by atoms with E-state index < -0.39 is 21.4 Å². The zero-order valence-electron chi connectivity index (χ0n) is 7.86. The molecule has 1 N–H and O–H groups in total. The summed E-state index contributed by atoms with van der Waals surface area (Å²) in [6, 6.07) is 0. The fourth-order valence-electron chi connectivity index (χ4n) is 0.510. The van der Waals surface area contributed by atoms with Crippen molar-refractivity contribution in [1.82, 2.24) is 4.72 Å². The molecule has 90 valence electrons. The number of halogens is 3. The second kappa shape index (κ2) is 5.50. The largest absolute Gasteiger partial charge is 0.516 e. The minimum Gasteiger partial charge on any atom is -0.269 e. The van der Waals surface area contributed by atoms with Crippen molar-refractivity contribution in [2.24, 2.45) is 0 Å². The van der Waals surface area contributed by atoms with Gasteiger partial charge in [0.25, 0.3) is 5.91 Å². The first-order valence-electron chi connectivity index (χ1n) is 3.79. The fraction of sp³-hybridized carbons (Fsp3) is 0.125. The molecule has 0 saturated heterocycles. The average molecular weight is 255 g/mol. The Morgan fingerprint density at radius 1 is 1.19 bits per heavy atom. The Morgan fingerprint density at radius 3 is 2.19 bits per heavy atom. The molecule has 0 unspecified atom stereocenters. The van der Waals surface area contributed by atoms with E-state index in [2.05, 4.69) is 6.58 Å². The highest BCUT2D eigenvalue weighted by molar-refractivity contribution is 7.90. The number of hydrogen-bond acceptors (Lipinski definition) is 3. The normalized spacial score (nSPS) is 13.2. The Hall–Kier alpha value is -1.57. The highest BCUT2D eigenvalue weighted by Gasteiger charge is 2.46. The van der Waals surface area contributed by atoms with Gasteiger partial charge in [0.1, 0.15) is 0 Å². The van der Waals surface area contributed by atoms with Crippen molar-refractivity contribution in [3.05, 3.63) is 37.0 Å². The van der Waals surface area contributed by atoms with Crippen LogP contribution < -0.4 is 4.72 Å². The van der Waals surface area contributed by atoms with Crippen LogP contribution in [0.4, 0.5) is 13.2 Å². The summed E-state index contributed by atoms with van der Waals surface area (Å²) in [4.78, 5) is 10.7. The molecule has 16 heavy (non-hydrogen) atoms. The molecule has 0 heterocycles. The maximum absolute atomic E-state index is 11.8. The second-order valence-electron chi connectivity index (χ2n) is 2.40. The van der Waals surface area contributed by atoms with Gasteiger partial charge in [-0.25, -0.2) is 4.72 Å². The molecule has 8 heteroatoms. The predicted octanol–water partition coefficient (Wildman–Crippen LogP) is 1.25. The average Bonchev–Trinajstić information content (AvgIpc) is 2.10. The van der Waals surface area contributed by atoms with Gasteiger partial charge in [0.05, 0.1) is 0 Å². The summed E-state index contributed by atoms with van der Waals surface area (Å²) in [7, 11) is -5.63. The molecule has 0 atom stereocenters. The Morgan fingerprint density at radius 2 is 1.75 bits per heavy atom. The summed E-state index contributed by atoms with van der Waals surface area (Å²) in [6.07, 6.45) is 5.79. The van der Waals surface area contributed by atoms with Crippen molar-refractivity contribution in [1.29, 1.82) is 0 Å². The summed E-state index contributed by atoms with van der Waals surface area (Å²) >= 11 is 0. The quantitative estimate of drug-likeness (QED) is 0.607. The van der Waals surface area contributed by atoms with Crippen LogP contribution in [0, 0.1) is 0 Å². The third-order valence-corrected chi connectivity index (χ3v) is 2.22. The second-order valence-corrected chi connectivity index (χ2v) is 4.07. The highest BCUT2D eigenvalue weighted by atomic mass is 32.2. The van der Waals surface area contributed by atoms with Gasteiger partial charge in [-0.1, -0.05) is 30.9 Å². The van der Waals surface area contributed by atoms with Gasteiger partial charge in [-0.3, -0.25) is 4.79 Å². The van der Waals surface area contributed by atoms with E-state index in [4.69, 9.17) is 0 Å². The monoisotopic (exact) mass is 255 g/mol. The molecule has 0 bridgehead atoms. The molecule has 0 saturated carbocycles. The van der Waals surface area contributed by atoms with E-state index in [0.29, 0.717) is 6.08 Å². The van der Waals surface area contributed by atoms with Gasteiger partial charge >= 0.3 is 15.5 Å². The molecule has 1 amide bonds. The van der Waals surface area contributed by atoms with Gasteiger partial charge in [0, 0.05) is 6.08 Å². The number of carbonyl (C=O) groups excluding carboxylic acids is 1. The van der Waals surface area contributed by atoms with Crippen LogP contribution >= 0.6 is 0 Å². The number of rotatable bonds is 4. The zero-order chi connectivity index (χ0) is 12.8. The van der Waals surface area contributed by atoms with E-state index in [9.17, 15) is 26.4 Å². The van der Waals surface area contributed by atoms with E-state index in [1.54, 1.807) is 0 Å². The summed E-state index contributed by atoms with van der Waals surface area (Å²) in [6.45, 7) is 3.30. The third kappa shape index (κ3) is 4.78. The molecule has 0 aromatic rings. The van der Waals surface area contributed by atoms with Crippen molar-refractivity contribution in [3.63, 3.8) is 0 Å². The first-order chi connectivity index (χ1) is 7.20. The summed E-state index contributed by atoms with van der Waals surface area (Å²) in [5.74, 6) is -1.38. The van der Waals surface area contributed by atoms with Crippen molar-refractivity contribution in [2.75, 3.05) is 0 Å². The summed E-state index contributed by atoms with van der Waals surface area (Å²) in [5.41, 5.74) is -5.51. The van der Waals surface area contributed by atoms with Gasteiger partial charge in [0.2, 0.25) is 0 Å². The van der Waals surface area contributed by atoms with Crippen LogP contribution in [0.1, 0.15) is 0 Å². The summed E-state index contributed by atoms with van der Waals surface area (Å²) in [5, 5.41) is 0. The topological polar surface area (TPSA) is 63.2 Å². The predicted molar refractivity (Wildman–Crippen MR) is 51.6 cm³/mol. The van der Waals surface area contributed by atoms with Crippen LogP contribution in [0.3, 0.4) is 0 Å². The van der Waals surface area contributed by atoms with Crippen LogP contribution in [0.25, 0.3) is 0 Å².